The minimum Gasteiger partial charge on any atom is -0.462 e. The van der Waals surface area contributed by atoms with Crippen molar-refractivity contribution in [2.75, 3.05) is 6.61 Å². The average Bonchev–Trinajstić information content (AvgIpc) is 2.85. The highest BCUT2D eigenvalue weighted by Gasteiger charge is 2.10. The second kappa shape index (κ2) is 5.83. The van der Waals surface area contributed by atoms with Crippen LogP contribution in [-0.4, -0.2) is 21.3 Å². The molecule has 0 radical (unpaired) electrons. The maximum absolute atomic E-state index is 12.1. The van der Waals surface area contributed by atoms with Crippen LogP contribution in [0.3, 0.4) is 0 Å². The molecular formula is C12H10F2N2O2S. The van der Waals surface area contributed by atoms with Gasteiger partial charge < -0.3 is 4.74 Å². The van der Waals surface area contributed by atoms with Crippen molar-refractivity contribution in [3.63, 3.8) is 0 Å². The summed E-state index contributed by atoms with van der Waals surface area (Å²) in [6.45, 7) is 1.23. The number of rotatable bonds is 4. The third-order valence-corrected chi connectivity index (χ3v) is 3.08. The van der Waals surface area contributed by atoms with Gasteiger partial charge in [-0.3, -0.25) is 0 Å². The number of nitrogens with zero attached hydrogens (tertiary/aromatic N) is 2. The number of carbonyl (C=O) groups excluding carboxylic acids is 1. The molecule has 0 fully saturated rings. The van der Waals surface area contributed by atoms with Crippen LogP contribution in [-0.2, 0) is 4.74 Å². The van der Waals surface area contributed by atoms with Crippen molar-refractivity contribution in [3.05, 3.63) is 35.4 Å². The summed E-state index contributed by atoms with van der Waals surface area (Å²) in [7, 11) is 0. The minimum absolute atomic E-state index is 0.0224. The molecule has 1 aromatic carbocycles. The molecular weight excluding hydrogens is 274 g/mol. The van der Waals surface area contributed by atoms with Crippen LogP contribution in [0.1, 0.15) is 23.7 Å². The zero-order valence-corrected chi connectivity index (χ0v) is 10.8. The maximum atomic E-state index is 12.1. The smallest absolute Gasteiger partial charge is 0.338 e. The van der Waals surface area contributed by atoms with E-state index in [1.807, 2.05) is 0 Å². The van der Waals surface area contributed by atoms with E-state index in [-0.39, 0.29) is 18.6 Å². The van der Waals surface area contributed by atoms with Crippen molar-refractivity contribution in [2.45, 2.75) is 13.3 Å². The molecule has 0 unspecified atom stereocenters. The SMILES string of the molecule is CC(CCOC(=O)c1ccc2nsnc2c1)=C(F)F. The molecule has 0 amide bonds. The van der Waals surface area contributed by atoms with Crippen LogP contribution in [0, 0.1) is 0 Å². The van der Waals surface area contributed by atoms with Gasteiger partial charge in [-0.05, 0) is 30.7 Å². The van der Waals surface area contributed by atoms with Gasteiger partial charge in [0, 0.05) is 6.42 Å². The summed E-state index contributed by atoms with van der Waals surface area (Å²) in [4.78, 5) is 11.7. The molecule has 1 heterocycles. The zero-order chi connectivity index (χ0) is 13.8. The summed E-state index contributed by atoms with van der Waals surface area (Å²) in [6, 6.07) is 4.81. The highest BCUT2D eigenvalue weighted by Crippen LogP contribution is 2.15. The largest absolute Gasteiger partial charge is 0.462 e. The summed E-state index contributed by atoms with van der Waals surface area (Å²) < 4.78 is 37.2. The molecule has 0 spiro atoms. The highest BCUT2D eigenvalue weighted by atomic mass is 32.1. The second-order valence-corrected chi connectivity index (χ2v) is 4.42. The summed E-state index contributed by atoms with van der Waals surface area (Å²) in [5.41, 5.74) is 1.58. The lowest BCUT2D eigenvalue weighted by atomic mass is 10.2. The molecule has 0 saturated carbocycles. The molecule has 19 heavy (non-hydrogen) atoms. The minimum atomic E-state index is -1.73. The number of carbonyl (C=O) groups is 1. The van der Waals surface area contributed by atoms with Crippen LogP contribution in [0.4, 0.5) is 8.78 Å². The van der Waals surface area contributed by atoms with Gasteiger partial charge in [0.1, 0.15) is 11.0 Å². The molecule has 0 atom stereocenters. The number of fused-ring (bicyclic) bond motifs is 1. The van der Waals surface area contributed by atoms with Gasteiger partial charge in [-0.1, -0.05) is 0 Å². The zero-order valence-electron chi connectivity index (χ0n) is 10.0. The van der Waals surface area contributed by atoms with E-state index in [1.165, 1.54) is 6.92 Å². The van der Waals surface area contributed by atoms with E-state index in [1.54, 1.807) is 18.2 Å². The Kier molecular flexibility index (Phi) is 4.16. The fourth-order valence-electron chi connectivity index (χ4n) is 1.38. The van der Waals surface area contributed by atoms with Crippen molar-refractivity contribution < 1.29 is 18.3 Å². The van der Waals surface area contributed by atoms with Crippen LogP contribution in [0.15, 0.2) is 29.9 Å². The predicted octanol–water partition coefficient (Wildman–Crippen LogP) is 3.41. The van der Waals surface area contributed by atoms with Crippen molar-refractivity contribution in [2.24, 2.45) is 0 Å². The van der Waals surface area contributed by atoms with Gasteiger partial charge in [-0.15, -0.1) is 0 Å². The Bertz CT molecular complexity index is 635. The van der Waals surface area contributed by atoms with Crippen LogP contribution in [0.25, 0.3) is 11.0 Å². The Morgan fingerprint density at radius 2 is 2.05 bits per heavy atom. The van der Waals surface area contributed by atoms with E-state index >= 15 is 0 Å². The number of ether oxygens (including phenoxy) is 1. The fraction of sp³-hybridized carbons (Fsp3) is 0.250. The van der Waals surface area contributed by atoms with Crippen LogP contribution < -0.4 is 0 Å². The molecule has 1 aromatic heterocycles. The lowest BCUT2D eigenvalue weighted by molar-refractivity contribution is 0.0508. The maximum Gasteiger partial charge on any atom is 0.338 e. The summed E-state index contributed by atoms with van der Waals surface area (Å²) in [6.07, 6.45) is -1.71. The Labute approximate surface area is 112 Å². The van der Waals surface area contributed by atoms with E-state index in [0.29, 0.717) is 16.6 Å². The predicted molar refractivity (Wildman–Crippen MR) is 67.2 cm³/mol. The van der Waals surface area contributed by atoms with Gasteiger partial charge in [0.2, 0.25) is 0 Å². The first-order valence-electron chi connectivity index (χ1n) is 5.48. The number of hydrogen-bond acceptors (Lipinski definition) is 5. The topological polar surface area (TPSA) is 52.1 Å². The third-order valence-electron chi connectivity index (χ3n) is 2.52. The van der Waals surface area contributed by atoms with Crippen molar-refractivity contribution in [3.8, 4) is 0 Å². The van der Waals surface area contributed by atoms with E-state index in [9.17, 15) is 13.6 Å². The van der Waals surface area contributed by atoms with E-state index in [0.717, 1.165) is 11.7 Å². The Hall–Kier alpha value is -1.89. The first-order chi connectivity index (χ1) is 9.08. The molecule has 0 saturated heterocycles. The number of esters is 1. The van der Waals surface area contributed by atoms with Gasteiger partial charge in [0.05, 0.1) is 23.9 Å². The number of halogens is 2. The summed E-state index contributed by atoms with van der Waals surface area (Å²) >= 11 is 1.06. The molecule has 0 N–H and O–H groups in total. The summed E-state index contributed by atoms with van der Waals surface area (Å²) in [5.74, 6) is -0.554. The lowest BCUT2D eigenvalue weighted by Gasteiger charge is -2.04. The average molecular weight is 284 g/mol. The fourth-order valence-corrected chi connectivity index (χ4v) is 1.90. The molecule has 0 aliphatic rings. The normalized spacial score (nSPS) is 10.5. The third kappa shape index (κ3) is 3.31. The van der Waals surface area contributed by atoms with Gasteiger partial charge in [-0.2, -0.15) is 17.5 Å². The number of hydrogen-bond donors (Lipinski definition) is 0. The Morgan fingerprint density at radius 1 is 1.32 bits per heavy atom. The quantitative estimate of drug-likeness (QED) is 0.807. The van der Waals surface area contributed by atoms with Crippen LogP contribution >= 0.6 is 11.7 Å². The van der Waals surface area contributed by atoms with Gasteiger partial charge in [0.15, 0.2) is 0 Å². The Balaban J connectivity index is 1.98. The van der Waals surface area contributed by atoms with E-state index < -0.39 is 12.0 Å². The van der Waals surface area contributed by atoms with Crippen molar-refractivity contribution in [1.29, 1.82) is 0 Å². The number of aromatic nitrogens is 2. The molecule has 7 heteroatoms. The van der Waals surface area contributed by atoms with Crippen LogP contribution in [0.5, 0.6) is 0 Å². The molecule has 2 rings (SSSR count). The molecule has 0 aliphatic carbocycles. The molecule has 100 valence electrons. The van der Waals surface area contributed by atoms with Gasteiger partial charge >= 0.3 is 5.97 Å². The monoisotopic (exact) mass is 284 g/mol. The molecule has 0 aliphatic heterocycles. The Morgan fingerprint density at radius 3 is 2.79 bits per heavy atom. The standard InChI is InChI=1S/C12H10F2N2O2S/c1-7(11(13)14)4-5-18-12(17)8-2-3-9-10(6-8)16-19-15-9/h2-3,6H,4-5H2,1H3. The molecule has 0 bridgehead atoms. The first-order valence-corrected chi connectivity index (χ1v) is 6.21. The van der Waals surface area contributed by atoms with Gasteiger partial charge in [-0.25, -0.2) is 4.79 Å². The van der Waals surface area contributed by atoms with E-state index in [2.05, 4.69) is 8.75 Å². The van der Waals surface area contributed by atoms with Crippen LogP contribution in [0.2, 0.25) is 0 Å². The number of benzene rings is 1. The molecule has 4 nitrogen and oxygen atoms in total. The van der Waals surface area contributed by atoms with E-state index in [4.69, 9.17) is 4.74 Å². The second-order valence-electron chi connectivity index (χ2n) is 3.89. The summed E-state index contributed by atoms with van der Waals surface area (Å²) in [5, 5.41) is 0. The lowest BCUT2D eigenvalue weighted by Crippen LogP contribution is -2.06. The van der Waals surface area contributed by atoms with Gasteiger partial charge in [0.25, 0.3) is 6.08 Å². The molecule has 2 aromatic rings. The van der Waals surface area contributed by atoms with Crippen molar-refractivity contribution >= 4 is 28.7 Å². The highest BCUT2D eigenvalue weighted by molar-refractivity contribution is 7.00. The van der Waals surface area contributed by atoms with Crippen molar-refractivity contribution in [1.82, 2.24) is 8.75 Å². The first kappa shape index (κ1) is 13.5.